The van der Waals surface area contributed by atoms with Crippen LogP contribution in [-0.2, 0) is 30.2 Å². The molecule has 2 saturated heterocycles. The molecule has 0 saturated carbocycles. The molecule has 2 amide bonds. The quantitative estimate of drug-likeness (QED) is 0.320. The molecule has 2 aliphatic rings. The highest BCUT2D eigenvalue weighted by atomic mass is 35.5. The Labute approximate surface area is 251 Å². The van der Waals surface area contributed by atoms with E-state index >= 15 is 0 Å². The first kappa shape index (κ1) is 28.2. The Morgan fingerprint density at radius 1 is 0.905 bits per heavy atom. The Morgan fingerprint density at radius 2 is 1.60 bits per heavy atom. The summed E-state index contributed by atoms with van der Waals surface area (Å²) in [6, 6.07) is 12.1. The van der Waals surface area contributed by atoms with Gasteiger partial charge in [-0.25, -0.2) is 9.69 Å². The van der Waals surface area contributed by atoms with E-state index in [1.165, 1.54) is 11.6 Å². The van der Waals surface area contributed by atoms with Crippen molar-refractivity contribution < 1.29 is 9.59 Å². The summed E-state index contributed by atoms with van der Waals surface area (Å²) in [5.74, 6) is -0.0343. The normalized spacial score (nSPS) is 18.1. The number of hydrogen-bond acceptors (Lipinski definition) is 7. The van der Waals surface area contributed by atoms with E-state index < -0.39 is 17.3 Å². The number of piperazine rings is 1. The predicted octanol–water partition coefficient (Wildman–Crippen LogP) is 2.55. The number of halogens is 2. The average molecular weight is 611 g/mol. The Bertz CT molecular complexity index is 1850. The van der Waals surface area contributed by atoms with Crippen molar-refractivity contribution >= 4 is 57.8 Å². The second-order valence-corrected chi connectivity index (χ2v) is 11.7. The summed E-state index contributed by atoms with van der Waals surface area (Å²) in [6.07, 6.45) is 0.0625. The number of benzene rings is 2. The van der Waals surface area contributed by atoms with Gasteiger partial charge in [0.25, 0.3) is 11.5 Å². The second kappa shape index (κ2) is 10.7. The van der Waals surface area contributed by atoms with Gasteiger partial charge >= 0.3 is 5.69 Å². The van der Waals surface area contributed by atoms with Crippen LogP contribution in [0.1, 0.15) is 17.5 Å². The lowest BCUT2D eigenvalue weighted by Gasteiger charge is -2.37. The fourth-order valence-corrected chi connectivity index (χ4v) is 6.41. The minimum absolute atomic E-state index is 0.0625. The van der Waals surface area contributed by atoms with Crippen molar-refractivity contribution in [2.45, 2.75) is 25.9 Å². The van der Waals surface area contributed by atoms with Crippen LogP contribution >= 0.6 is 23.2 Å². The Balaban J connectivity index is 1.29. The van der Waals surface area contributed by atoms with Gasteiger partial charge in [-0.05, 0) is 30.7 Å². The van der Waals surface area contributed by atoms with Crippen LogP contribution in [0.4, 0.5) is 11.6 Å². The van der Waals surface area contributed by atoms with Crippen LogP contribution in [0.5, 0.6) is 0 Å². The Hall–Kier alpha value is -3.93. The number of carbonyl (C=O) groups excluding carboxylic acids is 2. The van der Waals surface area contributed by atoms with E-state index in [0.29, 0.717) is 65.6 Å². The summed E-state index contributed by atoms with van der Waals surface area (Å²) in [5, 5.41) is 0.687. The lowest BCUT2D eigenvalue weighted by Crippen LogP contribution is -2.53. The zero-order valence-electron chi connectivity index (χ0n) is 23.4. The SMILES string of the molecule is Cc1cccc(Cn2c(N3CCN(C4CC(=O)N(c5cc(Cl)cc(Cl)c5)C4=O)CC3)nc3c2c(=O)n(C)c(=O)n3C)c1. The molecule has 6 rings (SSSR count). The fourth-order valence-electron chi connectivity index (χ4n) is 5.89. The third-order valence-electron chi connectivity index (χ3n) is 8.02. The molecular formula is C29H29Cl2N7O4. The number of nitrogens with zero attached hydrogens (tertiary/aromatic N) is 7. The number of rotatable bonds is 5. The lowest BCUT2D eigenvalue weighted by molar-refractivity contribution is -0.123. The minimum Gasteiger partial charge on any atom is -0.340 e. The molecular weight excluding hydrogens is 581 g/mol. The van der Waals surface area contributed by atoms with Crippen LogP contribution in [0.25, 0.3) is 11.2 Å². The van der Waals surface area contributed by atoms with Gasteiger partial charge in [0.05, 0.1) is 24.7 Å². The molecule has 4 aromatic rings. The molecule has 0 spiro atoms. The zero-order chi connectivity index (χ0) is 29.9. The summed E-state index contributed by atoms with van der Waals surface area (Å²) >= 11 is 12.2. The third-order valence-corrected chi connectivity index (χ3v) is 8.45. The monoisotopic (exact) mass is 609 g/mol. The number of aryl methyl sites for hydroxylation is 2. The van der Waals surface area contributed by atoms with Crippen LogP contribution in [0.3, 0.4) is 0 Å². The molecule has 0 bridgehead atoms. The van der Waals surface area contributed by atoms with E-state index in [-0.39, 0.29) is 18.2 Å². The van der Waals surface area contributed by atoms with Crippen LogP contribution < -0.4 is 21.0 Å². The van der Waals surface area contributed by atoms with E-state index in [0.717, 1.165) is 20.6 Å². The van der Waals surface area contributed by atoms with Crippen LogP contribution in [0, 0.1) is 6.92 Å². The molecule has 42 heavy (non-hydrogen) atoms. The van der Waals surface area contributed by atoms with Crippen molar-refractivity contribution in [1.29, 1.82) is 0 Å². The number of amides is 2. The van der Waals surface area contributed by atoms with Crippen molar-refractivity contribution in [3.63, 3.8) is 0 Å². The highest BCUT2D eigenvalue weighted by molar-refractivity contribution is 6.35. The molecule has 0 N–H and O–H groups in total. The highest BCUT2D eigenvalue weighted by Crippen LogP contribution is 2.31. The molecule has 218 valence electrons. The van der Waals surface area contributed by atoms with Crippen molar-refractivity contribution in [1.82, 2.24) is 23.6 Å². The molecule has 11 nitrogen and oxygen atoms in total. The lowest BCUT2D eigenvalue weighted by atomic mass is 10.1. The van der Waals surface area contributed by atoms with Crippen molar-refractivity contribution in [2.75, 3.05) is 36.0 Å². The van der Waals surface area contributed by atoms with Crippen LogP contribution in [-0.4, -0.2) is 67.6 Å². The third kappa shape index (κ3) is 4.81. The van der Waals surface area contributed by atoms with E-state index in [2.05, 4.69) is 11.0 Å². The second-order valence-electron chi connectivity index (χ2n) is 10.8. The van der Waals surface area contributed by atoms with Gasteiger partial charge in [0.1, 0.15) is 0 Å². The van der Waals surface area contributed by atoms with Gasteiger partial charge in [-0.3, -0.25) is 33.0 Å². The largest absolute Gasteiger partial charge is 0.340 e. The van der Waals surface area contributed by atoms with E-state index in [9.17, 15) is 19.2 Å². The van der Waals surface area contributed by atoms with E-state index in [1.54, 1.807) is 25.2 Å². The molecule has 2 fully saturated rings. The van der Waals surface area contributed by atoms with Gasteiger partial charge in [-0.1, -0.05) is 53.0 Å². The first-order chi connectivity index (χ1) is 20.0. The maximum atomic E-state index is 13.4. The van der Waals surface area contributed by atoms with Crippen LogP contribution in [0.15, 0.2) is 52.1 Å². The number of aromatic nitrogens is 4. The maximum Gasteiger partial charge on any atom is 0.332 e. The topological polar surface area (TPSA) is 106 Å². The van der Waals surface area contributed by atoms with Gasteiger partial charge in [-0.2, -0.15) is 4.98 Å². The Morgan fingerprint density at radius 3 is 2.26 bits per heavy atom. The average Bonchev–Trinajstić information content (AvgIpc) is 3.47. The standard InChI is InChI=1S/C29H29Cl2N7O4/c1-17-5-4-6-18(11-17)16-37-24-25(33(2)29(42)34(3)27(24)41)32-28(37)36-9-7-35(8-10-36)22-15-23(39)38(26(22)40)21-13-19(30)12-20(31)14-21/h4-6,11-14,22H,7-10,15-16H2,1-3H3. The van der Waals surface area contributed by atoms with E-state index in [4.69, 9.17) is 28.2 Å². The molecule has 2 aliphatic heterocycles. The number of anilines is 2. The first-order valence-corrected chi connectivity index (χ1v) is 14.3. The van der Waals surface area contributed by atoms with E-state index in [1.807, 2.05) is 34.6 Å². The fraction of sp³-hybridized carbons (Fsp3) is 0.345. The van der Waals surface area contributed by atoms with Crippen molar-refractivity contribution in [2.24, 2.45) is 14.1 Å². The molecule has 13 heteroatoms. The molecule has 2 aromatic carbocycles. The molecule has 1 unspecified atom stereocenters. The predicted molar refractivity (Wildman–Crippen MR) is 162 cm³/mol. The molecule has 0 aliphatic carbocycles. The number of imidazole rings is 1. The molecule has 1 atom stereocenters. The molecule has 0 radical (unpaired) electrons. The zero-order valence-corrected chi connectivity index (χ0v) is 24.9. The number of imide groups is 1. The van der Waals surface area contributed by atoms with Crippen molar-refractivity contribution in [3.05, 3.63) is 84.5 Å². The van der Waals surface area contributed by atoms with Crippen LogP contribution in [0.2, 0.25) is 10.0 Å². The number of fused-ring (bicyclic) bond motifs is 1. The number of carbonyl (C=O) groups is 2. The summed E-state index contributed by atoms with van der Waals surface area (Å²) in [7, 11) is 3.07. The number of hydrogen-bond donors (Lipinski definition) is 0. The molecule has 4 heterocycles. The smallest absolute Gasteiger partial charge is 0.332 e. The van der Waals surface area contributed by atoms with Gasteiger partial charge in [0, 0.05) is 50.3 Å². The molecule has 2 aromatic heterocycles. The van der Waals surface area contributed by atoms with Crippen molar-refractivity contribution in [3.8, 4) is 0 Å². The Kier molecular flexibility index (Phi) is 7.20. The van der Waals surface area contributed by atoms with Gasteiger partial charge < -0.3 is 4.90 Å². The maximum absolute atomic E-state index is 13.4. The summed E-state index contributed by atoms with van der Waals surface area (Å²) in [5.41, 5.74) is 2.28. The summed E-state index contributed by atoms with van der Waals surface area (Å²) in [6.45, 7) is 4.42. The van der Waals surface area contributed by atoms with Gasteiger partial charge in [0.15, 0.2) is 11.2 Å². The first-order valence-electron chi connectivity index (χ1n) is 13.6. The summed E-state index contributed by atoms with van der Waals surface area (Å²) < 4.78 is 4.36. The van der Waals surface area contributed by atoms with Gasteiger partial charge in [-0.15, -0.1) is 0 Å². The minimum atomic E-state index is -0.600. The summed E-state index contributed by atoms with van der Waals surface area (Å²) in [4.78, 5) is 62.4. The van der Waals surface area contributed by atoms with Gasteiger partial charge in [0.2, 0.25) is 11.9 Å². The highest BCUT2D eigenvalue weighted by Gasteiger charge is 2.43.